The van der Waals surface area contributed by atoms with Crippen LogP contribution in [-0.2, 0) is 32.1 Å². The number of aliphatic carboxylic acids is 1. The van der Waals surface area contributed by atoms with Crippen molar-refractivity contribution in [3.8, 4) is 0 Å². The smallest absolute Gasteiger partial charge is 0.408 e. The lowest BCUT2D eigenvalue weighted by atomic mass is 9.79. The fourth-order valence-electron chi connectivity index (χ4n) is 4.57. The Hall–Kier alpha value is -4.50. The number of ketones is 1. The van der Waals surface area contributed by atoms with E-state index < -0.39 is 47.3 Å². The minimum atomic E-state index is -2.12. The lowest BCUT2D eigenvalue weighted by Gasteiger charge is -2.33. The molecule has 0 aliphatic carbocycles. The van der Waals surface area contributed by atoms with E-state index >= 15 is 0 Å². The van der Waals surface area contributed by atoms with Crippen LogP contribution in [0.15, 0.2) is 91.0 Å². The van der Waals surface area contributed by atoms with Gasteiger partial charge in [-0.25, -0.2) is 4.79 Å². The number of alkyl carbamates (subject to hydrolysis) is 1. The van der Waals surface area contributed by atoms with Crippen LogP contribution >= 0.6 is 0 Å². The molecule has 0 heterocycles. The highest BCUT2D eigenvalue weighted by Gasteiger charge is 2.48. The molecule has 0 saturated heterocycles. The number of nitrogens with one attached hydrogen (secondary N) is 2. The van der Waals surface area contributed by atoms with Crippen LogP contribution in [0.25, 0.3) is 0 Å². The predicted octanol–water partition coefficient (Wildman–Crippen LogP) is 4.17. The molecule has 216 valence electrons. The molecule has 0 aromatic heterocycles. The van der Waals surface area contributed by atoms with E-state index in [1.165, 1.54) is 0 Å². The Kier molecular flexibility index (Phi) is 11.2. The van der Waals surface area contributed by atoms with Crippen molar-refractivity contribution in [2.75, 3.05) is 0 Å². The molecule has 3 aromatic rings. The number of nitrogens with two attached hydrogens (primary N) is 1. The average Bonchev–Trinajstić information content (AvgIpc) is 3.00. The van der Waals surface area contributed by atoms with E-state index in [0.717, 1.165) is 5.56 Å². The van der Waals surface area contributed by atoms with Crippen LogP contribution < -0.4 is 16.4 Å². The summed E-state index contributed by atoms with van der Waals surface area (Å²) in [5, 5.41) is 15.5. The van der Waals surface area contributed by atoms with Crippen molar-refractivity contribution in [2.45, 2.75) is 57.3 Å². The van der Waals surface area contributed by atoms with Crippen LogP contribution in [-0.4, -0.2) is 40.4 Å². The highest BCUT2D eigenvalue weighted by molar-refractivity contribution is 6.14. The van der Waals surface area contributed by atoms with Crippen molar-refractivity contribution in [1.82, 2.24) is 10.6 Å². The summed E-state index contributed by atoms with van der Waals surface area (Å²) >= 11 is 0. The molecule has 3 aromatic carbocycles. The molecule has 9 nitrogen and oxygen atoms in total. The summed E-state index contributed by atoms with van der Waals surface area (Å²) in [6, 6.07) is 24.8. The van der Waals surface area contributed by atoms with Gasteiger partial charge in [-0.3, -0.25) is 14.4 Å². The van der Waals surface area contributed by atoms with E-state index in [0.29, 0.717) is 17.5 Å². The molecule has 0 aliphatic rings. The molecule has 2 amide bonds. The molecule has 0 bridgehead atoms. The second-order valence-corrected chi connectivity index (χ2v) is 9.85. The van der Waals surface area contributed by atoms with Crippen molar-refractivity contribution < 1.29 is 29.0 Å². The van der Waals surface area contributed by atoms with E-state index in [2.05, 4.69) is 10.6 Å². The Bertz CT molecular complexity index is 1300. The number of ether oxygens (including phenoxy) is 1. The Morgan fingerprint density at radius 3 is 1.88 bits per heavy atom. The molecule has 0 radical (unpaired) electrons. The molecular formula is C32H37N3O6. The predicted molar refractivity (Wildman–Crippen MR) is 155 cm³/mol. The number of carbonyl (C=O) groups excluding carboxylic acids is 3. The average molecular weight is 560 g/mol. The minimum Gasteiger partial charge on any atom is -0.481 e. The van der Waals surface area contributed by atoms with E-state index in [1.54, 1.807) is 61.5 Å². The zero-order valence-corrected chi connectivity index (χ0v) is 23.3. The summed E-state index contributed by atoms with van der Waals surface area (Å²) < 4.78 is 5.30. The minimum absolute atomic E-state index is 0.0887. The van der Waals surface area contributed by atoms with Gasteiger partial charge in [-0.1, -0.05) is 105 Å². The number of amides is 2. The first kappa shape index (κ1) is 31.0. The first-order chi connectivity index (χ1) is 19.7. The summed E-state index contributed by atoms with van der Waals surface area (Å²) in [6.45, 7) is 3.36. The lowest BCUT2D eigenvalue weighted by molar-refractivity contribution is -0.148. The zero-order valence-electron chi connectivity index (χ0n) is 23.3. The quantitative estimate of drug-likeness (QED) is 0.217. The van der Waals surface area contributed by atoms with E-state index in [4.69, 9.17) is 10.5 Å². The number of carbonyl (C=O) groups is 4. The van der Waals surface area contributed by atoms with Crippen molar-refractivity contribution in [3.05, 3.63) is 108 Å². The molecule has 0 aliphatic heterocycles. The molecule has 3 unspecified atom stereocenters. The summed E-state index contributed by atoms with van der Waals surface area (Å²) in [7, 11) is 0. The molecule has 41 heavy (non-hydrogen) atoms. The van der Waals surface area contributed by atoms with Gasteiger partial charge in [-0.05, 0) is 36.0 Å². The monoisotopic (exact) mass is 559 g/mol. The maximum absolute atomic E-state index is 14.1. The Morgan fingerprint density at radius 1 is 0.829 bits per heavy atom. The largest absolute Gasteiger partial charge is 0.481 e. The zero-order chi connectivity index (χ0) is 29.8. The molecule has 9 heteroatoms. The second kappa shape index (κ2) is 14.8. The fourth-order valence-corrected chi connectivity index (χ4v) is 4.57. The molecule has 5 N–H and O–H groups in total. The third-order valence-electron chi connectivity index (χ3n) is 7.10. The van der Waals surface area contributed by atoms with Crippen LogP contribution in [0.1, 0.15) is 49.4 Å². The fraction of sp³-hybridized carbons (Fsp3) is 0.312. The molecule has 3 rings (SSSR count). The first-order valence-corrected chi connectivity index (χ1v) is 13.6. The van der Waals surface area contributed by atoms with Crippen LogP contribution in [0.2, 0.25) is 0 Å². The molecular weight excluding hydrogens is 522 g/mol. The molecule has 4 atom stereocenters. The standard InChI is InChI=1S/C32H37N3O6/c1-3-26(24-18-12-7-13-19-24)34-30(39)32(33,4-2)28(36)27(25(29(37)38)20-22-14-8-5-9-15-22)35-31(40)41-21-23-16-10-6-11-17-23/h5-19,25-27H,3-4,20-21,33H2,1-2H3,(H,34,39)(H,35,40)(H,37,38)/t25?,26?,27-,32?/m0/s1. The highest BCUT2D eigenvalue weighted by Crippen LogP contribution is 2.23. The summed E-state index contributed by atoms with van der Waals surface area (Å²) in [4.78, 5) is 53.1. The third-order valence-corrected chi connectivity index (χ3v) is 7.10. The number of hydrogen-bond donors (Lipinski definition) is 4. The lowest BCUT2D eigenvalue weighted by Crippen LogP contribution is -2.66. The molecule has 0 spiro atoms. The van der Waals surface area contributed by atoms with Crippen molar-refractivity contribution >= 4 is 23.8 Å². The van der Waals surface area contributed by atoms with Gasteiger partial charge in [0.2, 0.25) is 5.91 Å². The first-order valence-electron chi connectivity index (χ1n) is 13.6. The Labute approximate surface area is 240 Å². The Balaban J connectivity index is 1.91. The number of hydrogen-bond acceptors (Lipinski definition) is 6. The number of benzene rings is 3. The number of Topliss-reactive ketones (excluding diaryl/α,β-unsaturated/α-hetero) is 1. The van der Waals surface area contributed by atoms with Gasteiger partial charge in [0.25, 0.3) is 0 Å². The summed E-state index contributed by atoms with van der Waals surface area (Å²) in [5.41, 5.74) is 6.55. The number of rotatable bonds is 14. The second-order valence-electron chi connectivity index (χ2n) is 9.85. The summed E-state index contributed by atoms with van der Waals surface area (Å²) in [6.07, 6.45) is -0.684. The van der Waals surface area contributed by atoms with Crippen LogP contribution in [0.3, 0.4) is 0 Å². The van der Waals surface area contributed by atoms with Gasteiger partial charge in [-0.15, -0.1) is 0 Å². The molecule has 0 fully saturated rings. The van der Waals surface area contributed by atoms with Crippen LogP contribution in [0.5, 0.6) is 0 Å². The summed E-state index contributed by atoms with van der Waals surface area (Å²) in [5.74, 6) is -4.42. The van der Waals surface area contributed by atoms with Gasteiger partial charge in [0.05, 0.1) is 12.0 Å². The van der Waals surface area contributed by atoms with E-state index in [-0.39, 0.29) is 19.4 Å². The van der Waals surface area contributed by atoms with Gasteiger partial charge in [-0.2, -0.15) is 0 Å². The topological polar surface area (TPSA) is 148 Å². The van der Waals surface area contributed by atoms with Crippen molar-refractivity contribution in [2.24, 2.45) is 11.7 Å². The van der Waals surface area contributed by atoms with Gasteiger partial charge in [0.1, 0.15) is 12.6 Å². The number of carboxylic acids is 1. The van der Waals surface area contributed by atoms with Crippen molar-refractivity contribution in [3.63, 3.8) is 0 Å². The van der Waals surface area contributed by atoms with E-state index in [1.807, 2.05) is 43.3 Å². The maximum atomic E-state index is 14.1. The van der Waals surface area contributed by atoms with Crippen molar-refractivity contribution in [1.29, 1.82) is 0 Å². The third kappa shape index (κ3) is 8.25. The van der Waals surface area contributed by atoms with Gasteiger partial charge >= 0.3 is 12.1 Å². The van der Waals surface area contributed by atoms with Gasteiger partial charge in [0, 0.05) is 0 Å². The van der Waals surface area contributed by atoms with Crippen LogP contribution in [0.4, 0.5) is 4.79 Å². The SMILES string of the molecule is CCC(NC(=O)C(N)(CC)C(=O)[C@@H](NC(=O)OCc1ccccc1)C(Cc1ccccc1)C(=O)O)c1ccccc1. The normalized spacial score (nSPS) is 14.5. The number of carboxylic acid groups (broad SMARTS) is 1. The Morgan fingerprint density at radius 2 is 1.37 bits per heavy atom. The maximum Gasteiger partial charge on any atom is 0.408 e. The van der Waals surface area contributed by atoms with Crippen LogP contribution in [0, 0.1) is 5.92 Å². The highest BCUT2D eigenvalue weighted by atomic mass is 16.5. The van der Waals surface area contributed by atoms with Gasteiger partial charge < -0.3 is 26.2 Å². The van der Waals surface area contributed by atoms with E-state index in [9.17, 15) is 24.3 Å². The molecule has 0 saturated carbocycles. The van der Waals surface area contributed by atoms with Gasteiger partial charge in [0.15, 0.2) is 11.3 Å².